The van der Waals surface area contributed by atoms with E-state index < -0.39 is 17.7 Å². The van der Waals surface area contributed by atoms with Crippen molar-refractivity contribution in [3.05, 3.63) is 88.5 Å². The molecular formula is C28H27NO6. The SMILES string of the molecule is COc1cccc(C2/C(=C(\O)c3cc(OC)ccc3OC)C(=O)C(=O)N2c2ccc(C)c(C)c2)c1. The van der Waals surface area contributed by atoms with E-state index in [2.05, 4.69) is 0 Å². The second-order valence-electron chi connectivity index (χ2n) is 8.28. The Bertz CT molecular complexity index is 1340. The average Bonchev–Trinajstić information content (AvgIpc) is 3.15. The number of methoxy groups -OCH3 is 3. The standard InChI is InChI=1S/C28H27NO6/c1-16-9-10-19(13-17(16)2)29-25(18-7-6-8-20(14-18)33-3)24(27(31)28(29)32)26(30)22-15-21(34-4)11-12-23(22)35-5/h6-15,25,30H,1-5H3/b26-24+. The van der Waals surface area contributed by atoms with Gasteiger partial charge in [0.15, 0.2) is 0 Å². The summed E-state index contributed by atoms with van der Waals surface area (Å²) in [4.78, 5) is 28.3. The zero-order valence-electron chi connectivity index (χ0n) is 20.3. The van der Waals surface area contributed by atoms with Crippen LogP contribution in [0.4, 0.5) is 5.69 Å². The van der Waals surface area contributed by atoms with Crippen LogP contribution < -0.4 is 19.1 Å². The first-order chi connectivity index (χ1) is 16.8. The quantitative estimate of drug-likeness (QED) is 0.310. The summed E-state index contributed by atoms with van der Waals surface area (Å²) >= 11 is 0. The van der Waals surface area contributed by atoms with Gasteiger partial charge >= 0.3 is 0 Å². The molecule has 180 valence electrons. The minimum atomic E-state index is -0.886. The van der Waals surface area contributed by atoms with Crippen LogP contribution >= 0.6 is 0 Å². The number of ether oxygens (including phenoxy) is 3. The number of aliphatic hydroxyl groups excluding tert-OH is 1. The molecule has 3 aromatic rings. The van der Waals surface area contributed by atoms with E-state index in [1.165, 1.54) is 19.1 Å². The molecule has 1 saturated heterocycles. The number of benzene rings is 3. The maximum atomic E-state index is 13.4. The third-order valence-corrected chi connectivity index (χ3v) is 6.28. The topological polar surface area (TPSA) is 85.3 Å². The molecule has 1 amide bonds. The molecule has 0 radical (unpaired) electrons. The highest BCUT2D eigenvalue weighted by Crippen LogP contribution is 2.44. The van der Waals surface area contributed by atoms with Gasteiger partial charge in [0.05, 0.1) is 38.5 Å². The number of carbonyl (C=O) groups is 2. The molecule has 1 heterocycles. The molecule has 1 N–H and O–H groups in total. The van der Waals surface area contributed by atoms with E-state index in [0.29, 0.717) is 28.5 Å². The highest BCUT2D eigenvalue weighted by atomic mass is 16.5. The van der Waals surface area contributed by atoms with Gasteiger partial charge in [0.1, 0.15) is 23.0 Å². The number of aliphatic hydroxyl groups is 1. The summed E-state index contributed by atoms with van der Waals surface area (Å²) in [6, 6.07) is 16.7. The van der Waals surface area contributed by atoms with Crippen LogP contribution in [-0.2, 0) is 9.59 Å². The number of rotatable bonds is 6. The van der Waals surface area contributed by atoms with Gasteiger partial charge in [0, 0.05) is 5.69 Å². The van der Waals surface area contributed by atoms with Crippen molar-refractivity contribution in [2.45, 2.75) is 19.9 Å². The summed E-state index contributed by atoms with van der Waals surface area (Å²) in [5, 5.41) is 11.5. The molecular weight excluding hydrogens is 446 g/mol. The number of anilines is 1. The van der Waals surface area contributed by atoms with E-state index in [0.717, 1.165) is 11.1 Å². The molecule has 35 heavy (non-hydrogen) atoms. The Balaban J connectivity index is 2.00. The second kappa shape index (κ2) is 9.54. The van der Waals surface area contributed by atoms with E-state index in [1.54, 1.807) is 55.6 Å². The van der Waals surface area contributed by atoms with E-state index in [-0.39, 0.29) is 16.9 Å². The molecule has 1 atom stereocenters. The summed E-state index contributed by atoms with van der Waals surface area (Å²) in [5.41, 5.74) is 3.41. The molecule has 4 rings (SSSR count). The Labute approximate surface area is 204 Å². The van der Waals surface area contributed by atoms with Gasteiger partial charge in [-0.25, -0.2) is 0 Å². The highest BCUT2D eigenvalue weighted by molar-refractivity contribution is 6.51. The molecule has 3 aromatic carbocycles. The Morgan fingerprint density at radius 2 is 1.54 bits per heavy atom. The van der Waals surface area contributed by atoms with Crippen LogP contribution in [-0.4, -0.2) is 38.1 Å². The van der Waals surface area contributed by atoms with Crippen LogP contribution in [0.2, 0.25) is 0 Å². The smallest absolute Gasteiger partial charge is 0.300 e. The number of Topliss-reactive ketones (excluding diaryl/α,β-unsaturated/α-hetero) is 1. The van der Waals surface area contributed by atoms with Crippen molar-refractivity contribution >= 4 is 23.1 Å². The molecule has 1 aliphatic heterocycles. The minimum absolute atomic E-state index is 0.0481. The first-order valence-electron chi connectivity index (χ1n) is 11.0. The molecule has 0 saturated carbocycles. The lowest BCUT2D eigenvalue weighted by molar-refractivity contribution is -0.132. The predicted molar refractivity (Wildman–Crippen MR) is 133 cm³/mol. The van der Waals surface area contributed by atoms with E-state index >= 15 is 0 Å². The fourth-order valence-corrected chi connectivity index (χ4v) is 4.25. The first-order valence-corrected chi connectivity index (χ1v) is 11.0. The Hall–Kier alpha value is -4.26. The summed E-state index contributed by atoms with van der Waals surface area (Å²) in [6.07, 6.45) is 0. The van der Waals surface area contributed by atoms with Gasteiger partial charge in [-0.2, -0.15) is 0 Å². The summed E-state index contributed by atoms with van der Waals surface area (Å²) in [6.45, 7) is 3.92. The lowest BCUT2D eigenvalue weighted by Gasteiger charge is -2.26. The van der Waals surface area contributed by atoms with Crippen LogP contribution in [0, 0.1) is 13.8 Å². The summed E-state index contributed by atoms with van der Waals surface area (Å²) in [5.74, 6) is -0.507. The highest BCUT2D eigenvalue weighted by Gasteiger charge is 2.47. The van der Waals surface area contributed by atoms with Gasteiger partial charge in [0.25, 0.3) is 11.7 Å². The number of hydrogen-bond acceptors (Lipinski definition) is 6. The molecule has 7 nitrogen and oxygen atoms in total. The molecule has 1 unspecified atom stereocenters. The average molecular weight is 474 g/mol. The predicted octanol–water partition coefficient (Wildman–Crippen LogP) is 4.96. The number of carbonyl (C=O) groups excluding carboxylic acids is 2. The lowest BCUT2D eigenvalue weighted by atomic mass is 9.94. The number of nitrogens with zero attached hydrogens (tertiary/aromatic N) is 1. The van der Waals surface area contributed by atoms with Gasteiger partial charge < -0.3 is 19.3 Å². The van der Waals surface area contributed by atoms with E-state index in [1.807, 2.05) is 26.0 Å². The summed E-state index contributed by atoms with van der Waals surface area (Å²) < 4.78 is 16.1. The van der Waals surface area contributed by atoms with Crippen molar-refractivity contribution in [3.8, 4) is 17.2 Å². The zero-order chi connectivity index (χ0) is 25.3. The normalized spacial score (nSPS) is 16.9. The lowest BCUT2D eigenvalue weighted by Crippen LogP contribution is -2.29. The number of aryl methyl sites for hydroxylation is 2. The largest absolute Gasteiger partial charge is 0.507 e. The Kier molecular flexibility index (Phi) is 6.51. The molecule has 0 spiro atoms. The number of ketones is 1. The number of hydrogen-bond donors (Lipinski definition) is 1. The van der Waals surface area contributed by atoms with Gasteiger partial charge in [-0.05, 0) is 73.0 Å². The second-order valence-corrected chi connectivity index (χ2v) is 8.28. The van der Waals surface area contributed by atoms with Crippen LogP contribution in [0.5, 0.6) is 17.2 Å². The molecule has 0 aliphatic carbocycles. The van der Waals surface area contributed by atoms with Gasteiger partial charge in [-0.1, -0.05) is 18.2 Å². The van der Waals surface area contributed by atoms with E-state index in [9.17, 15) is 14.7 Å². The first kappa shape index (κ1) is 23.9. The molecule has 7 heteroatoms. The maximum Gasteiger partial charge on any atom is 0.300 e. The van der Waals surface area contributed by atoms with Crippen molar-refractivity contribution in [3.63, 3.8) is 0 Å². The summed E-state index contributed by atoms with van der Waals surface area (Å²) in [7, 11) is 4.51. The minimum Gasteiger partial charge on any atom is -0.507 e. The Morgan fingerprint density at radius 1 is 0.829 bits per heavy atom. The van der Waals surface area contributed by atoms with Crippen LogP contribution in [0.25, 0.3) is 5.76 Å². The van der Waals surface area contributed by atoms with Gasteiger partial charge in [-0.15, -0.1) is 0 Å². The Morgan fingerprint density at radius 3 is 2.20 bits per heavy atom. The third-order valence-electron chi connectivity index (χ3n) is 6.28. The fourth-order valence-electron chi connectivity index (χ4n) is 4.25. The van der Waals surface area contributed by atoms with Crippen LogP contribution in [0.1, 0.15) is 28.3 Å². The van der Waals surface area contributed by atoms with Gasteiger partial charge in [0.2, 0.25) is 0 Å². The van der Waals surface area contributed by atoms with Crippen LogP contribution in [0.15, 0.2) is 66.2 Å². The van der Waals surface area contributed by atoms with E-state index in [4.69, 9.17) is 14.2 Å². The van der Waals surface area contributed by atoms with Crippen molar-refractivity contribution in [2.24, 2.45) is 0 Å². The molecule has 0 bridgehead atoms. The van der Waals surface area contributed by atoms with Gasteiger partial charge in [-0.3, -0.25) is 14.5 Å². The van der Waals surface area contributed by atoms with Crippen molar-refractivity contribution in [2.75, 3.05) is 26.2 Å². The van der Waals surface area contributed by atoms with Crippen molar-refractivity contribution in [1.29, 1.82) is 0 Å². The molecule has 1 aliphatic rings. The third kappa shape index (κ3) is 4.21. The van der Waals surface area contributed by atoms with Crippen molar-refractivity contribution in [1.82, 2.24) is 0 Å². The van der Waals surface area contributed by atoms with Crippen molar-refractivity contribution < 1.29 is 28.9 Å². The molecule has 0 aromatic heterocycles. The zero-order valence-corrected chi connectivity index (χ0v) is 20.3. The monoisotopic (exact) mass is 473 g/mol. The van der Waals surface area contributed by atoms with Crippen LogP contribution in [0.3, 0.4) is 0 Å². The number of amides is 1. The maximum absolute atomic E-state index is 13.4. The fraction of sp³-hybridized carbons (Fsp3) is 0.214. The molecule has 1 fully saturated rings.